The third kappa shape index (κ3) is 2.85. The van der Waals surface area contributed by atoms with Crippen molar-refractivity contribution < 1.29 is 4.74 Å². The summed E-state index contributed by atoms with van der Waals surface area (Å²) in [6.07, 6.45) is 3.77. The van der Waals surface area contributed by atoms with Crippen LogP contribution in [0.3, 0.4) is 0 Å². The molecule has 78 valence electrons. The first-order valence-electron chi connectivity index (χ1n) is 4.97. The van der Waals surface area contributed by atoms with Crippen molar-refractivity contribution in [3.05, 3.63) is 41.5 Å². The Balaban J connectivity index is 2.85. The Morgan fingerprint density at radius 2 is 2.00 bits per heavy atom. The summed E-state index contributed by atoms with van der Waals surface area (Å²) < 4.78 is 4.72. The molecular weight excluding hydrogens is 186 g/mol. The molecule has 0 N–H and O–H groups in total. The molecule has 0 amide bonds. The molecule has 0 saturated heterocycles. The van der Waals surface area contributed by atoms with Crippen LogP contribution in [0.5, 0.6) is 5.75 Å². The lowest BCUT2D eigenvalue weighted by atomic mass is 9.94. The van der Waals surface area contributed by atoms with E-state index in [1.807, 2.05) is 31.2 Å². The van der Waals surface area contributed by atoms with Crippen LogP contribution in [-0.2, 0) is 0 Å². The Kier molecular flexibility index (Phi) is 3.93. The molecule has 0 fully saturated rings. The number of benzene rings is 1. The quantitative estimate of drug-likeness (QED) is 0.552. The van der Waals surface area contributed by atoms with Gasteiger partial charge in [-0.3, -0.25) is 0 Å². The molecule has 1 aromatic rings. The maximum atomic E-state index is 8.34. The van der Waals surface area contributed by atoms with Gasteiger partial charge >= 0.3 is 0 Å². The zero-order chi connectivity index (χ0) is 11.3. The van der Waals surface area contributed by atoms with Crippen molar-refractivity contribution in [2.75, 3.05) is 0 Å². The highest BCUT2D eigenvalue weighted by Crippen LogP contribution is 2.24. The van der Waals surface area contributed by atoms with Gasteiger partial charge in [-0.25, -0.2) is 0 Å². The molecule has 15 heavy (non-hydrogen) atoms. The second-order valence-electron chi connectivity index (χ2n) is 3.52. The molecule has 1 aromatic carbocycles. The Bertz CT molecular complexity index is 384. The van der Waals surface area contributed by atoms with Crippen LogP contribution in [-0.4, -0.2) is 0 Å². The minimum atomic E-state index is 0.408. The average molecular weight is 201 g/mol. The fraction of sp³-hybridized carbons (Fsp3) is 0.308. The van der Waals surface area contributed by atoms with E-state index in [9.17, 15) is 0 Å². The maximum absolute atomic E-state index is 8.34. The van der Waals surface area contributed by atoms with Gasteiger partial charge in [0.25, 0.3) is 6.26 Å². The summed E-state index contributed by atoms with van der Waals surface area (Å²) in [6, 6.07) is 7.62. The highest BCUT2D eigenvalue weighted by atomic mass is 16.5. The van der Waals surface area contributed by atoms with Crippen molar-refractivity contribution in [3.8, 4) is 12.0 Å². The van der Waals surface area contributed by atoms with Crippen molar-refractivity contribution in [2.24, 2.45) is 0 Å². The van der Waals surface area contributed by atoms with Gasteiger partial charge < -0.3 is 4.74 Å². The van der Waals surface area contributed by atoms with E-state index < -0.39 is 0 Å². The summed E-state index contributed by atoms with van der Waals surface area (Å²) in [5.41, 5.74) is 2.57. The lowest BCUT2D eigenvalue weighted by molar-refractivity contribution is 0.507. The number of allylic oxidation sites excluding steroid dienone is 2. The average Bonchev–Trinajstić information content (AvgIpc) is 2.28. The van der Waals surface area contributed by atoms with E-state index in [4.69, 9.17) is 10.00 Å². The first-order valence-corrected chi connectivity index (χ1v) is 4.97. The molecule has 1 atom stereocenters. The van der Waals surface area contributed by atoms with Gasteiger partial charge in [-0.1, -0.05) is 30.7 Å². The van der Waals surface area contributed by atoms with Crippen molar-refractivity contribution >= 4 is 0 Å². The Morgan fingerprint density at radius 3 is 2.47 bits per heavy atom. The highest BCUT2D eigenvalue weighted by Gasteiger charge is 2.06. The molecule has 2 heteroatoms. The molecule has 0 aliphatic carbocycles. The van der Waals surface area contributed by atoms with Crippen molar-refractivity contribution in [1.29, 1.82) is 5.26 Å². The fourth-order valence-electron chi connectivity index (χ4n) is 1.39. The van der Waals surface area contributed by atoms with Crippen LogP contribution < -0.4 is 4.74 Å². The van der Waals surface area contributed by atoms with Crippen molar-refractivity contribution in [2.45, 2.75) is 26.7 Å². The molecule has 2 nitrogen and oxygen atoms in total. The number of nitriles is 1. The van der Waals surface area contributed by atoms with Crippen molar-refractivity contribution in [1.82, 2.24) is 0 Å². The standard InChI is InChI=1S/C13H15NO/c1-4-10(2)11(3)12-5-7-13(8-6-12)15-9-14/h4-8,11H,1-3H3/b10-4+. The normalized spacial score (nSPS) is 13.1. The van der Waals surface area contributed by atoms with Gasteiger partial charge in [-0.05, 0) is 31.5 Å². The lowest BCUT2D eigenvalue weighted by Gasteiger charge is -2.12. The summed E-state index contributed by atoms with van der Waals surface area (Å²) in [6.45, 7) is 6.32. The smallest absolute Gasteiger partial charge is 0.292 e. The SMILES string of the molecule is C/C=C(\C)C(C)c1ccc(OC#N)cc1. The first-order chi connectivity index (χ1) is 7.19. The van der Waals surface area contributed by atoms with Crippen LogP contribution in [0, 0.1) is 11.5 Å². The van der Waals surface area contributed by atoms with E-state index in [1.54, 1.807) is 6.26 Å². The van der Waals surface area contributed by atoms with Crippen LogP contribution in [0.4, 0.5) is 0 Å². The molecule has 0 aliphatic rings. The molecular formula is C13H15NO. The van der Waals surface area contributed by atoms with Gasteiger partial charge in [0, 0.05) is 5.92 Å². The van der Waals surface area contributed by atoms with E-state index >= 15 is 0 Å². The Morgan fingerprint density at radius 1 is 1.40 bits per heavy atom. The second kappa shape index (κ2) is 5.21. The van der Waals surface area contributed by atoms with Crippen LogP contribution >= 0.6 is 0 Å². The molecule has 1 rings (SSSR count). The summed E-state index contributed by atoms with van der Waals surface area (Å²) in [4.78, 5) is 0. The Hall–Kier alpha value is -1.75. The van der Waals surface area contributed by atoms with Crippen molar-refractivity contribution in [3.63, 3.8) is 0 Å². The maximum Gasteiger partial charge on any atom is 0.292 e. The minimum Gasteiger partial charge on any atom is -0.388 e. The van der Waals surface area contributed by atoms with Gasteiger partial charge in [-0.15, -0.1) is 5.26 Å². The third-order valence-electron chi connectivity index (χ3n) is 2.68. The molecule has 0 saturated carbocycles. The van der Waals surface area contributed by atoms with E-state index in [2.05, 4.69) is 19.9 Å². The monoisotopic (exact) mass is 201 g/mol. The van der Waals surface area contributed by atoms with Gasteiger partial charge in [-0.2, -0.15) is 0 Å². The van der Waals surface area contributed by atoms with Gasteiger partial charge in [0.05, 0.1) is 0 Å². The topological polar surface area (TPSA) is 33.0 Å². The highest BCUT2D eigenvalue weighted by molar-refractivity contribution is 5.33. The molecule has 0 spiro atoms. The van der Waals surface area contributed by atoms with E-state index in [-0.39, 0.29) is 0 Å². The molecule has 0 bridgehead atoms. The predicted molar refractivity (Wildman–Crippen MR) is 60.5 cm³/mol. The fourth-order valence-corrected chi connectivity index (χ4v) is 1.39. The summed E-state index contributed by atoms with van der Waals surface area (Å²) >= 11 is 0. The lowest BCUT2D eigenvalue weighted by Crippen LogP contribution is -1.94. The number of nitrogens with zero attached hydrogens (tertiary/aromatic N) is 1. The van der Waals surface area contributed by atoms with Crippen LogP contribution in [0.1, 0.15) is 32.3 Å². The van der Waals surface area contributed by atoms with E-state index in [1.165, 1.54) is 11.1 Å². The minimum absolute atomic E-state index is 0.408. The zero-order valence-corrected chi connectivity index (χ0v) is 9.32. The Labute approximate surface area is 90.8 Å². The van der Waals surface area contributed by atoms with Gasteiger partial charge in [0.1, 0.15) is 5.75 Å². The molecule has 0 aliphatic heterocycles. The molecule has 0 aromatic heterocycles. The zero-order valence-electron chi connectivity index (χ0n) is 9.32. The van der Waals surface area contributed by atoms with E-state index in [0.29, 0.717) is 11.7 Å². The predicted octanol–water partition coefficient (Wildman–Crippen LogP) is 3.62. The van der Waals surface area contributed by atoms with E-state index in [0.717, 1.165) is 0 Å². The summed E-state index contributed by atoms with van der Waals surface area (Å²) in [7, 11) is 0. The number of hydrogen-bond donors (Lipinski definition) is 0. The third-order valence-corrected chi connectivity index (χ3v) is 2.68. The first kappa shape index (κ1) is 11.3. The summed E-state index contributed by atoms with van der Waals surface area (Å²) in [5, 5.41) is 8.34. The largest absolute Gasteiger partial charge is 0.388 e. The summed E-state index contributed by atoms with van der Waals surface area (Å²) in [5.74, 6) is 0.998. The molecule has 0 heterocycles. The van der Waals surface area contributed by atoms with Gasteiger partial charge in [0.2, 0.25) is 0 Å². The number of ether oxygens (including phenoxy) is 1. The van der Waals surface area contributed by atoms with Crippen LogP contribution in [0.2, 0.25) is 0 Å². The number of rotatable bonds is 3. The van der Waals surface area contributed by atoms with Crippen LogP contribution in [0.25, 0.3) is 0 Å². The molecule has 0 radical (unpaired) electrons. The second-order valence-corrected chi connectivity index (χ2v) is 3.52. The molecule has 1 unspecified atom stereocenters. The number of hydrogen-bond acceptors (Lipinski definition) is 2. The van der Waals surface area contributed by atoms with Gasteiger partial charge in [0.15, 0.2) is 0 Å². The van der Waals surface area contributed by atoms with Crippen LogP contribution in [0.15, 0.2) is 35.9 Å².